The molecule has 0 bridgehead atoms. The third-order valence-electron chi connectivity index (χ3n) is 2.66. The van der Waals surface area contributed by atoms with Crippen LogP contribution in [-0.2, 0) is 4.79 Å². The van der Waals surface area contributed by atoms with Gasteiger partial charge in [-0.15, -0.1) is 0 Å². The second-order valence-electron chi connectivity index (χ2n) is 3.48. The van der Waals surface area contributed by atoms with Crippen molar-refractivity contribution >= 4 is 5.91 Å². The molecule has 0 aromatic carbocycles. The number of fused-ring (bicyclic) bond motifs is 1. The molecule has 2 aliphatic rings. The number of hydrogen-bond acceptors (Lipinski definition) is 2. The number of hydrogen-bond donors (Lipinski definition) is 2. The molecule has 0 unspecified atom stereocenters. The van der Waals surface area contributed by atoms with Crippen molar-refractivity contribution < 1.29 is 4.79 Å². The summed E-state index contributed by atoms with van der Waals surface area (Å²) in [5.74, 6) is 0.933. The molecule has 2 fully saturated rings. The van der Waals surface area contributed by atoms with Crippen molar-refractivity contribution in [1.29, 1.82) is 0 Å². The predicted octanol–water partition coefficient (Wildman–Crippen LogP) is -0.126. The molecule has 2 atom stereocenters. The molecule has 0 spiro atoms. The van der Waals surface area contributed by atoms with Gasteiger partial charge in [0.1, 0.15) is 0 Å². The molecule has 2 N–H and O–H groups in total. The second kappa shape index (κ2) is 2.81. The fourth-order valence-corrected chi connectivity index (χ4v) is 2.01. The maximum atomic E-state index is 11.1. The average Bonchev–Trinajstić information content (AvgIpc) is 2.31. The van der Waals surface area contributed by atoms with E-state index in [1.165, 1.54) is 6.42 Å². The fourth-order valence-electron chi connectivity index (χ4n) is 2.01. The van der Waals surface area contributed by atoms with Crippen LogP contribution in [0.25, 0.3) is 0 Å². The van der Waals surface area contributed by atoms with E-state index in [-0.39, 0.29) is 5.91 Å². The van der Waals surface area contributed by atoms with E-state index >= 15 is 0 Å². The minimum atomic E-state index is 0.237. The molecule has 0 aromatic heterocycles. The van der Waals surface area contributed by atoms with Gasteiger partial charge in [0, 0.05) is 25.6 Å². The summed E-state index contributed by atoms with van der Waals surface area (Å²) in [6, 6.07) is 0.421. The minimum absolute atomic E-state index is 0.237. The molecular weight excluding hydrogens is 140 g/mol. The van der Waals surface area contributed by atoms with Gasteiger partial charge in [0.05, 0.1) is 0 Å². The van der Waals surface area contributed by atoms with Crippen LogP contribution < -0.4 is 10.6 Å². The molecule has 0 saturated carbocycles. The standard InChI is InChI=1S/C8H14N2O/c11-8-3-1-2-6-4-9-5-7(6)10-8/h6-7,9H,1-5H2,(H,10,11)/t6-,7+/m1/s1. The number of amides is 1. The Morgan fingerprint density at radius 2 is 2.27 bits per heavy atom. The van der Waals surface area contributed by atoms with Crippen LogP contribution in [0.3, 0.4) is 0 Å². The van der Waals surface area contributed by atoms with Crippen LogP contribution in [0, 0.1) is 5.92 Å². The van der Waals surface area contributed by atoms with Gasteiger partial charge in [-0.2, -0.15) is 0 Å². The average molecular weight is 154 g/mol. The van der Waals surface area contributed by atoms with Crippen molar-refractivity contribution in [2.24, 2.45) is 5.92 Å². The first-order valence-corrected chi connectivity index (χ1v) is 4.36. The van der Waals surface area contributed by atoms with E-state index in [1.54, 1.807) is 0 Å². The first-order valence-electron chi connectivity index (χ1n) is 4.36. The van der Waals surface area contributed by atoms with E-state index in [2.05, 4.69) is 10.6 Å². The third kappa shape index (κ3) is 1.38. The van der Waals surface area contributed by atoms with Crippen LogP contribution in [0.1, 0.15) is 19.3 Å². The normalized spacial score (nSPS) is 37.6. The Morgan fingerprint density at radius 1 is 1.36 bits per heavy atom. The summed E-state index contributed by atoms with van der Waals surface area (Å²) < 4.78 is 0. The molecule has 3 nitrogen and oxygen atoms in total. The zero-order valence-electron chi connectivity index (χ0n) is 6.60. The van der Waals surface area contributed by atoms with E-state index in [9.17, 15) is 4.79 Å². The Morgan fingerprint density at radius 3 is 3.18 bits per heavy atom. The van der Waals surface area contributed by atoms with Crippen molar-refractivity contribution in [2.75, 3.05) is 13.1 Å². The molecule has 2 saturated heterocycles. The van der Waals surface area contributed by atoms with Gasteiger partial charge in [0.15, 0.2) is 0 Å². The first-order chi connectivity index (χ1) is 5.36. The van der Waals surface area contributed by atoms with Gasteiger partial charge in [0.25, 0.3) is 0 Å². The van der Waals surface area contributed by atoms with Gasteiger partial charge in [-0.05, 0) is 18.8 Å². The minimum Gasteiger partial charge on any atom is -0.352 e. The van der Waals surface area contributed by atoms with Crippen molar-refractivity contribution in [3.05, 3.63) is 0 Å². The maximum Gasteiger partial charge on any atom is 0.220 e. The molecule has 1 amide bonds. The molecule has 0 aliphatic carbocycles. The summed E-state index contributed by atoms with van der Waals surface area (Å²) in [6.45, 7) is 2.06. The predicted molar refractivity (Wildman–Crippen MR) is 42.1 cm³/mol. The molecule has 62 valence electrons. The van der Waals surface area contributed by atoms with Crippen LogP contribution in [0.2, 0.25) is 0 Å². The van der Waals surface area contributed by atoms with Crippen molar-refractivity contribution in [2.45, 2.75) is 25.3 Å². The monoisotopic (exact) mass is 154 g/mol. The number of carbonyl (C=O) groups is 1. The Kier molecular flexibility index (Phi) is 1.82. The van der Waals surface area contributed by atoms with E-state index in [0.717, 1.165) is 25.9 Å². The van der Waals surface area contributed by atoms with E-state index in [4.69, 9.17) is 0 Å². The van der Waals surface area contributed by atoms with E-state index in [1.807, 2.05) is 0 Å². The van der Waals surface area contributed by atoms with Crippen LogP contribution in [0.4, 0.5) is 0 Å². The van der Waals surface area contributed by atoms with Crippen LogP contribution in [0.5, 0.6) is 0 Å². The van der Waals surface area contributed by atoms with E-state index < -0.39 is 0 Å². The summed E-state index contributed by atoms with van der Waals surface area (Å²) in [4.78, 5) is 11.1. The van der Waals surface area contributed by atoms with Gasteiger partial charge in [-0.25, -0.2) is 0 Å². The topological polar surface area (TPSA) is 41.1 Å². The highest BCUT2D eigenvalue weighted by Crippen LogP contribution is 2.19. The number of carbonyl (C=O) groups excluding carboxylic acids is 1. The highest BCUT2D eigenvalue weighted by atomic mass is 16.1. The van der Waals surface area contributed by atoms with Crippen molar-refractivity contribution in [3.8, 4) is 0 Å². The number of nitrogens with one attached hydrogen (secondary N) is 2. The largest absolute Gasteiger partial charge is 0.352 e. The quantitative estimate of drug-likeness (QED) is 0.510. The van der Waals surface area contributed by atoms with Gasteiger partial charge < -0.3 is 10.6 Å². The Balaban J connectivity index is 2.03. The molecular formula is C8H14N2O. The maximum absolute atomic E-state index is 11.1. The smallest absolute Gasteiger partial charge is 0.220 e. The van der Waals surface area contributed by atoms with Crippen LogP contribution >= 0.6 is 0 Å². The van der Waals surface area contributed by atoms with Gasteiger partial charge in [0.2, 0.25) is 5.91 Å². The summed E-state index contributed by atoms with van der Waals surface area (Å²) in [6.07, 6.45) is 3.00. The lowest BCUT2D eigenvalue weighted by molar-refractivity contribution is -0.121. The van der Waals surface area contributed by atoms with Gasteiger partial charge >= 0.3 is 0 Å². The molecule has 2 rings (SSSR count). The van der Waals surface area contributed by atoms with Crippen molar-refractivity contribution in [3.63, 3.8) is 0 Å². The highest BCUT2D eigenvalue weighted by molar-refractivity contribution is 5.76. The summed E-state index contributed by atoms with van der Waals surface area (Å²) in [7, 11) is 0. The Hall–Kier alpha value is -0.570. The second-order valence-corrected chi connectivity index (χ2v) is 3.48. The highest BCUT2D eigenvalue weighted by Gasteiger charge is 2.29. The molecule has 11 heavy (non-hydrogen) atoms. The SMILES string of the molecule is O=C1CCC[C@@H]2CNC[C@@H]2N1. The van der Waals surface area contributed by atoms with E-state index in [0.29, 0.717) is 12.0 Å². The molecule has 0 radical (unpaired) electrons. The summed E-state index contributed by atoms with van der Waals surface area (Å²) in [5.41, 5.74) is 0. The Bertz CT molecular complexity index is 169. The van der Waals surface area contributed by atoms with Crippen LogP contribution in [-0.4, -0.2) is 25.0 Å². The molecule has 0 aromatic rings. The molecule has 2 aliphatic heterocycles. The zero-order chi connectivity index (χ0) is 7.68. The van der Waals surface area contributed by atoms with Crippen LogP contribution in [0.15, 0.2) is 0 Å². The third-order valence-corrected chi connectivity index (χ3v) is 2.66. The van der Waals surface area contributed by atoms with Gasteiger partial charge in [-0.1, -0.05) is 0 Å². The zero-order valence-corrected chi connectivity index (χ0v) is 6.60. The lowest BCUT2D eigenvalue weighted by Gasteiger charge is -2.14. The van der Waals surface area contributed by atoms with Gasteiger partial charge in [-0.3, -0.25) is 4.79 Å². The summed E-state index contributed by atoms with van der Waals surface area (Å²) in [5, 5.41) is 6.34. The fraction of sp³-hybridized carbons (Fsp3) is 0.875. The lowest BCUT2D eigenvalue weighted by Crippen LogP contribution is -2.38. The first kappa shape index (κ1) is 7.10. The molecule has 2 heterocycles. The van der Waals surface area contributed by atoms with Crippen molar-refractivity contribution in [1.82, 2.24) is 10.6 Å². The Labute approximate surface area is 66.5 Å². The number of rotatable bonds is 0. The summed E-state index contributed by atoms with van der Waals surface area (Å²) >= 11 is 0. The lowest BCUT2D eigenvalue weighted by atomic mass is 9.99. The molecule has 3 heteroatoms.